The first-order chi connectivity index (χ1) is 15.7. The maximum Gasteiger partial charge on any atom is 0.271 e. The number of benzene rings is 1. The second kappa shape index (κ2) is 9.53. The van der Waals surface area contributed by atoms with Crippen LogP contribution in [0.5, 0.6) is 0 Å². The van der Waals surface area contributed by atoms with Crippen molar-refractivity contribution in [3.63, 3.8) is 0 Å². The normalized spacial score (nSPS) is 23.9. The lowest BCUT2D eigenvalue weighted by Crippen LogP contribution is -2.62. The lowest BCUT2D eigenvalue weighted by Gasteiger charge is -2.57. The van der Waals surface area contributed by atoms with Crippen LogP contribution in [0.2, 0.25) is 10.0 Å². The van der Waals surface area contributed by atoms with Crippen molar-refractivity contribution in [1.29, 1.82) is 0 Å². The van der Waals surface area contributed by atoms with E-state index in [0.29, 0.717) is 22.3 Å². The molecule has 1 N–H and O–H groups in total. The molecular formula is C24H29Cl2N3O3S. The molecule has 0 spiro atoms. The van der Waals surface area contributed by atoms with Crippen molar-refractivity contribution < 1.29 is 13.2 Å². The molecule has 9 heteroatoms. The first-order valence-electron chi connectivity index (χ1n) is 11.3. The van der Waals surface area contributed by atoms with Crippen LogP contribution in [-0.2, 0) is 9.84 Å². The zero-order valence-corrected chi connectivity index (χ0v) is 21.2. The summed E-state index contributed by atoms with van der Waals surface area (Å²) in [6, 6.07) is 8.12. The smallest absolute Gasteiger partial charge is 0.271 e. The minimum Gasteiger partial charge on any atom is -0.342 e. The molecule has 1 aliphatic carbocycles. The molecule has 33 heavy (non-hydrogen) atoms. The Hall–Kier alpha value is -1.67. The number of likely N-dealkylation sites (N-methyl/N-ethyl adjacent to an activating group) is 1. The number of pyridine rings is 1. The Morgan fingerprint density at radius 2 is 1.91 bits per heavy atom. The average Bonchev–Trinajstić information content (AvgIpc) is 2.78. The number of aromatic nitrogens is 1. The highest BCUT2D eigenvalue weighted by molar-refractivity contribution is 7.91. The molecule has 1 amide bonds. The van der Waals surface area contributed by atoms with Crippen molar-refractivity contribution in [3.05, 3.63) is 57.8 Å². The van der Waals surface area contributed by atoms with Crippen LogP contribution in [0.1, 0.15) is 61.1 Å². The fourth-order valence-electron chi connectivity index (χ4n) is 5.38. The number of amides is 1. The molecule has 2 bridgehead atoms. The van der Waals surface area contributed by atoms with Gasteiger partial charge in [-0.3, -0.25) is 9.69 Å². The van der Waals surface area contributed by atoms with Crippen LogP contribution in [0.15, 0.2) is 41.4 Å². The lowest BCUT2D eigenvalue weighted by molar-refractivity contribution is -0.0404. The molecule has 1 aromatic carbocycles. The predicted octanol–water partition coefficient (Wildman–Crippen LogP) is 4.92. The standard InChI is InChI=1S/C24H29Cl2N3O3S/c1-3-12-33(31,32)19-6-4-17(5-7-19)22(24-10-8-16(9-11-24)15-29(24)2)28-23(30)21-20(26)13-18(25)14-27-21/h4-7,13-14,16,22H,3,8-12,15H2,1-2H3,(H,28,30). The summed E-state index contributed by atoms with van der Waals surface area (Å²) < 4.78 is 25.0. The molecule has 1 atom stereocenters. The number of hydrogen-bond donors (Lipinski definition) is 1. The van der Waals surface area contributed by atoms with E-state index in [1.807, 2.05) is 19.1 Å². The van der Waals surface area contributed by atoms with Crippen molar-refractivity contribution in [2.75, 3.05) is 19.3 Å². The number of carbonyl (C=O) groups excluding carboxylic acids is 1. The van der Waals surface area contributed by atoms with Gasteiger partial charge in [0.05, 0.1) is 26.7 Å². The second-order valence-electron chi connectivity index (χ2n) is 9.21. The summed E-state index contributed by atoms with van der Waals surface area (Å²) in [5.74, 6) is 0.420. The fourth-order valence-corrected chi connectivity index (χ4v) is 7.17. The van der Waals surface area contributed by atoms with E-state index in [9.17, 15) is 13.2 Å². The van der Waals surface area contributed by atoms with Gasteiger partial charge in [0.25, 0.3) is 5.91 Å². The van der Waals surface area contributed by atoms with Gasteiger partial charge in [0, 0.05) is 18.3 Å². The zero-order chi connectivity index (χ0) is 23.8. The summed E-state index contributed by atoms with van der Waals surface area (Å²) in [5, 5.41) is 3.74. The van der Waals surface area contributed by atoms with E-state index in [4.69, 9.17) is 23.2 Å². The lowest BCUT2D eigenvalue weighted by atomic mass is 9.66. The highest BCUT2D eigenvalue weighted by Crippen LogP contribution is 2.49. The van der Waals surface area contributed by atoms with Gasteiger partial charge in [0.1, 0.15) is 5.69 Å². The molecule has 3 heterocycles. The molecule has 1 unspecified atom stereocenters. The maximum absolute atomic E-state index is 13.3. The van der Waals surface area contributed by atoms with Crippen LogP contribution in [0, 0.1) is 5.92 Å². The molecule has 2 saturated heterocycles. The monoisotopic (exact) mass is 509 g/mol. The Morgan fingerprint density at radius 1 is 1.24 bits per heavy atom. The largest absolute Gasteiger partial charge is 0.342 e. The van der Waals surface area contributed by atoms with Crippen LogP contribution < -0.4 is 5.32 Å². The number of rotatable bonds is 7. The van der Waals surface area contributed by atoms with Gasteiger partial charge in [0.15, 0.2) is 9.84 Å². The van der Waals surface area contributed by atoms with E-state index in [0.717, 1.165) is 37.8 Å². The number of halogens is 2. The summed E-state index contributed by atoms with van der Waals surface area (Å²) in [4.78, 5) is 20.1. The Morgan fingerprint density at radius 3 is 2.48 bits per heavy atom. The summed E-state index contributed by atoms with van der Waals surface area (Å²) in [6.07, 6.45) is 6.10. The predicted molar refractivity (Wildman–Crippen MR) is 131 cm³/mol. The van der Waals surface area contributed by atoms with Gasteiger partial charge >= 0.3 is 0 Å². The van der Waals surface area contributed by atoms with Gasteiger partial charge in [-0.25, -0.2) is 13.4 Å². The van der Waals surface area contributed by atoms with E-state index in [1.54, 1.807) is 12.1 Å². The molecule has 3 fully saturated rings. The summed E-state index contributed by atoms with van der Waals surface area (Å²) >= 11 is 12.2. The Balaban J connectivity index is 1.71. The highest BCUT2D eigenvalue weighted by atomic mass is 35.5. The highest BCUT2D eigenvalue weighted by Gasteiger charge is 2.50. The number of sulfone groups is 1. The van der Waals surface area contributed by atoms with Crippen molar-refractivity contribution in [3.8, 4) is 0 Å². The fraction of sp³-hybridized carbons (Fsp3) is 0.500. The van der Waals surface area contributed by atoms with E-state index in [1.165, 1.54) is 12.3 Å². The Bertz CT molecular complexity index is 1130. The van der Waals surface area contributed by atoms with E-state index >= 15 is 0 Å². The third-order valence-corrected chi connectivity index (χ3v) is 9.58. The van der Waals surface area contributed by atoms with E-state index < -0.39 is 9.84 Å². The zero-order valence-electron chi connectivity index (χ0n) is 18.9. The number of piperidine rings is 2. The molecular weight excluding hydrogens is 481 g/mol. The summed E-state index contributed by atoms with van der Waals surface area (Å²) in [7, 11) is -1.21. The molecule has 178 valence electrons. The number of carbonyl (C=O) groups is 1. The number of fused-ring (bicyclic) bond motifs is 3. The van der Waals surface area contributed by atoms with Crippen LogP contribution >= 0.6 is 23.2 Å². The van der Waals surface area contributed by atoms with Crippen molar-refractivity contribution in [1.82, 2.24) is 15.2 Å². The topological polar surface area (TPSA) is 79.4 Å². The second-order valence-corrected chi connectivity index (χ2v) is 12.2. The molecule has 1 aromatic heterocycles. The van der Waals surface area contributed by atoms with Gasteiger partial charge in [-0.1, -0.05) is 42.3 Å². The molecule has 1 saturated carbocycles. The van der Waals surface area contributed by atoms with Gasteiger partial charge in [-0.15, -0.1) is 0 Å². The minimum absolute atomic E-state index is 0.112. The maximum atomic E-state index is 13.3. The molecule has 5 rings (SSSR count). The summed E-state index contributed by atoms with van der Waals surface area (Å²) in [6.45, 7) is 2.83. The van der Waals surface area contributed by atoms with Gasteiger partial charge in [-0.2, -0.15) is 0 Å². The van der Waals surface area contributed by atoms with Crippen molar-refractivity contribution in [2.45, 2.75) is 55.5 Å². The molecule has 0 radical (unpaired) electrons. The number of nitrogens with zero attached hydrogens (tertiary/aromatic N) is 2. The first kappa shape index (κ1) is 24.5. The first-order valence-corrected chi connectivity index (χ1v) is 13.7. The molecule has 6 nitrogen and oxygen atoms in total. The van der Waals surface area contributed by atoms with Crippen LogP contribution in [0.3, 0.4) is 0 Å². The van der Waals surface area contributed by atoms with Crippen molar-refractivity contribution in [2.24, 2.45) is 5.92 Å². The Labute approximate surface area is 205 Å². The van der Waals surface area contributed by atoms with Crippen LogP contribution in [-0.4, -0.2) is 49.1 Å². The average molecular weight is 510 g/mol. The number of hydrogen-bond acceptors (Lipinski definition) is 5. The SMILES string of the molecule is CCCS(=O)(=O)c1ccc(C(NC(=O)c2ncc(Cl)cc2Cl)C23CCC(CC2)CN3C)cc1. The van der Waals surface area contributed by atoms with Crippen LogP contribution in [0.25, 0.3) is 0 Å². The number of nitrogens with one attached hydrogen (secondary N) is 1. The van der Waals surface area contributed by atoms with Gasteiger partial charge in [-0.05, 0) is 68.8 Å². The third kappa shape index (κ3) is 4.78. The van der Waals surface area contributed by atoms with Gasteiger partial charge < -0.3 is 5.32 Å². The third-order valence-electron chi connectivity index (χ3n) is 7.14. The molecule has 2 aromatic rings. The Kier molecular flexibility index (Phi) is 7.06. The van der Waals surface area contributed by atoms with E-state index in [-0.39, 0.29) is 34.0 Å². The quantitative estimate of drug-likeness (QED) is 0.572. The van der Waals surface area contributed by atoms with Crippen molar-refractivity contribution >= 4 is 38.9 Å². The molecule has 3 aliphatic rings. The van der Waals surface area contributed by atoms with Gasteiger partial charge in [0.2, 0.25) is 0 Å². The van der Waals surface area contributed by atoms with Crippen LogP contribution in [0.4, 0.5) is 0 Å². The minimum atomic E-state index is -3.31. The summed E-state index contributed by atoms with van der Waals surface area (Å²) in [5.41, 5.74) is 0.737. The molecule has 2 aliphatic heterocycles. The van der Waals surface area contributed by atoms with E-state index in [2.05, 4.69) is 22.2 Å².